The molecule has 0 aliphatic heterocycles. The number of fused-ring (bicyclic) bond motifs is 3. The number of thiazole rings is 1. The molecule has 1 fully saturated rings. The van der Waals surface area contributed by atoms with Gasteiger partial charge in [0.1, 0.15) is 6.29 Å². The van der Waals surface area contributed by atoms with Crippen molar-refractivity contribution >= 4 is 32.8 Å². The Morgan fingerprint density at radius 2 is 2.04 bits per heavy atom. The van der Waals surface area contributed by atoms with Gasteiger partial charge in [0.05, 0.1) is 10.2 Å². The molecule has 0 saturated heterocycles. The summed E-state index contributed by atoms with van der Waals surface area (Å²) < 4.78 is 2.87. The monoisotopic (exact) mass is 348 g/mol. The SMILES string of the molecule is O=Cc1ccc2c(c1)sc1nc(-c3ccc(CNC4CC4)cc3)nn12. The Hall–Kier alpha value is -2.57. The lowest BCUT2D eigenvalue weighted by atomic mass is 10.1. The van der Waals surface area contributed by atoms with Gasteiger partial charge in [-0.15, -0.1) is 5.10 Å². The highest BCUT2D eigenvalue weighted by Crippen LogP contribution is 2.28. The van der Waals surface area contributed by atoms with Gasteiger partial charge in [-0.25, -0.2) is 4.52 Å². The minimum absolute atomic E-state index is 0.674. The van der Waals surface area contributed by atoms with Crippen molar-refractivity contribution in [2.24, 2.45) is 0 Å². The number of hydrogen-bond donors (Lipinski definition) is 1. The lowest BCUT2D eigenvalue weighted by molar-refractivity contribution is 0.112. The fourth-order valence-electron chi connectivity index (χ4n) is 2.92. The van der Waals surface area contributed by atoms with Crippen molar-refractivity contribution in [3.05, 3.63) is 53.6 Å². The summed E-state index contributed by atoms with van der Waals surface area (Å²) in [6.45, 7) is 0.917. The van der Waals surface area contributed by atoms with Crippen molar-refractivity contribution in [2.75, 3.05) is 0 Å². The van der Waals surface area contributed by atoms with Crippen LogP contribution in [0.1, 0.15) is 28.8 Å². The van der Waals surface area contributed by atoms with Crippen LogP contribution in [0.4, 0.5) is 0 Å². The molecule has 2 aromatic heterocycles. The zero-order valence-corrected chi connectivity index (χ0v) is 14.3. The van der Waals surface area contributed by atoms with Gasteiger partial charge in [-0.3, -0.25) is 4.79 Å². The van der Waals surface area contributed by atoms with Gasteiger partial charge >= 0.3 is 0 Å². The number of nitrogens with zero attached hydrogens (tertiary/aromatic N) is 3. The molecule has 0 radical (unpaired) electrons. The molecule has 6 heteroatoms. The zero-order valence-electron chi connectivity index (χ0n) is 13.5. The Morgan fingerprint density at radius 1 is 1.20 bits per heavy atom. The topological polar surface area (TPSA) is 59.3 Å². The summed E-state index contributed by atoms with van der Waals surface area (Å²) in [6.07, 6.45) is 3.46. The van der Waals surface area contributed by atoms with Crippen LogP contribution in [-0.2, 0) is 6.54 Å². The molecule has 0 spiro atoms. The third kappa shape index (κ3) is 2.73. The molecule has 5 rings (SSSR count). The molecule has 1 saturated carbocycles. The molecule has 2 heterocycles. The van der Waals surface area contributed by atoms with Gasteiger partial charge in [0.25, 0.3) is 0 Å². The summed E-state index contributed by atoms with van der Waals surface area (Å²) >= 11 is 1.55. The Labute approximate surface area is 148 Å². The summed E-state index contributed by atoms with van der Waals surface area (Å²) in [5, 5.41) is 8.17. The van der Waals surface area contributed by atoms with Gasteiger partial charge in [-0.2, -0.15) is 4.98 Å². The predicted octanol–water partition coefficient (Wildman–Crippen LogP) is 3.68. The minimum Gasteiger partial charge on any atom is -0.310 e. The highest BCUT2D eigenvalue weighted by atomic mass is 32.1. The number of aromatic nitrogens is 3. The molecular weight excluding hydrogens is 332 g/mol. The van der Waals surface area contributed by atoms with E-state index in [2.05, 4.69) is 39.7 Å². The number of carbonyl (C=O) groups is 1. The van der Waals surface area contributed by atoms with Gasteiger partial charge in [0.15, 0.2) is 5.82 Å². The second-order valence-electron chi connectivity index (χ2n) is 6.43. The molecule has 0 atom stereocenters. The lowest BCUT2D eigenvalue weighted by Crippen LogP contribution is -2.15. The van der Waals surface area contributed by atoms with E-state index in [1.807, 2.05) is 22.7 Å². The number of benzene rings is 2. The fraction of sp³-hybridized carbons (Fsp3) is 0.211. The van der Waals surface area contributed by atoms with Crippen LogP contribution >= 0.6 is 11.3 Å². The third-order valence-electron chi connectivity index (χ3n) is 4.51. The van der Waals surface area contributed by atoms with Gasteiger partial charge < -0.3 is 5.32 Å². The maximum atomic E-state index is 10.9. The Kier molecular flexibility index (Phi) is 3.39. The zero-order chi connectivity index (χ0) is 16.8. The average molecular weight is 348 g/mol. The molecule has 0 bridgehead atoms. The average Bonchev–Trinajstić information content (AvgIpc) is 3.29. The summed E-state index contributed by atoms with van der Waals surface area (Å²) in [6, 6.07) is 14.8. The van der Waals surface area contributed by atoms with Crippen molar-refractivity contribution in [2.45, 2.75) is 25.4 Å². The Morgan fingerprint density at radius 3 is 2.80 bits per heavy atom. The van der Waals surface area contributed by atoms with Gasteiger partial charge in [-0.1, -0.05) is 35.6 Å². The van der Waals surface area contributed by atoms with E-state index in [0.29, 0.717) is 11.6 Å². The highest BCUT2D eigenvalue weighted by Gasteiger charge is 2.20. The summed E-state index contributed by atoms with van der Waals surface area (Å²) in [4.78, 5) is 16.4. The fourth-order valence-corrected chi connectivity index (χ4v) is 3.93. The summed E-state index contributed by atoms with van der Waals surface area (Å²) in [7, 11) is 0. The van der Waals surface area contributed by atoms with E-state index >= 15 is 0 Å². The van der Waals surface area contributed by atoms with Crippen molar-refractivity contribution < 1.29 is 4.79 Å². The highest BCUT2D eigenvalue weighted by molar-refractivity contribution is 7.23. The quantitative estimate of drug-likeness (QED) is 0.559. The first-order valence-corrected chi connectivity index (χ1v) is 9.19. The van der Waals surface area contributed by atoms with E-state index in [0.717, 1.165) is 39.4 Å². The van der Waals surface area contributed by atoms with Crippen LogP contribution in [0.15, 0.2) is 42.5 Å². The predicted molar refractivity (Wildman–Crippen MR) is 99.1 cm³/mol. The minimum atomic E-state index is 0.674. The van der Waals surface area contributed by atoms with Gasteiger partial charge in [0.2, 0.25) is 4.96 Å². The molecule has 2 aromatic carbocycles. The normalized spacial score (nSPS) is 14.4. The first kappa shape index (κ1) is 14.7. The molecule has 25 heavy (non-hydrogen) atoms. The molecule has 1 aliphatic rings. The van der Waals surface area contributed by atoms with Gasteiger partial charge in [-0.05, 0) is 36.6 Å². The van der Waals surface area contributed by atoms with Crippen molar-refractivity contribution in [1.29, 1.82) is 0 Å². The first-order chi connectivity index (χ1) is 12.3. The number of rotatable bonds is 5. The maximum absolute atomic E-state index is 10.9. The lowest BCUT2D eigenvalue weighted by Gasteiger charge is -2.03. The molecule has 4 aromatic rings. The van der Waals surface area contributed by atoms with E-state index in [4.69, 9.17) is 0 Å². The molecular formula is C19H16N4OS. The van der Waals surface area contributed by atoms with Crippen LogP contribution < -0.4 is 5.32 Å². The second-order valence-corrected chi connectivity index (χ2v) is 7.44. The third-order valence-corrected chi connectivity index (χ3v) is 5.50. The van der Waals surface area contributed by atoms with E-state index in [1.165, 1.54) is 18.4 Å². The Bertz CT molecular complexity index is 1080. The van der Waals surface area contributed by atoms with E-state index in [9.17, 15) is 4.79 Å². The molecule has 1 aliphatic carbocycles. The van der Waals surface area contributed by atoms with Crippen molar-refractivity contribution in [3.8, 4) is 11.4 Å². The smallest absolute Gasteiger partial charge is 0.213 e. The van der Waals surface area contributed by atoms with Crippen molar-refractivity contribution in [1.82, 2.24) is 19.9 Å². The number of hydrogen-bond acceptors (Lipinski definition) is 5. The van der Waals surface area contributed by atoms with Gasteiger partial charge in [0, 0.05) is 23.7 Å². The molecule has 0 amide bonds. The van der Waals surface area contributed by atoms with Crippen LogP contribution in [0, 0.1) is 0 Å². The summed E-state index contributed by atoms with van der Waals surface area (Å²) in [5.74, 6) is 0.731. The van der Waals surface area contributed by atoms with Crippen LogP contribution in [0.5, 0.6) is 0 Å². The van der Waals surface area contributed by atoms with E-state index < -0.39 is 0 Å². The van der Waals surface area contributed by atoms with Crippen LogP contribution in [-0.4, -0.2) is 26.9 Å². The van der Waals surface area contributed by atoms with Crippen LogP contribution in [0.25, 0.3) is 26.6 Å². The first-order valence-electron chi connectivity index (χ1n) is 8.37. The molecule has 0 unspecified atom stereocenters. The van der Waals surface area contributed by atoms with Crippen molar-refractivity contribution in [3.63, 3.8) is 0 Å². The van der Waals surface area contributed by atoms with E-state index in [-0.39, 0.29) is 0 Å². The van der Waals surface area contributed by atoms with Crippen LogP contribution in [0.3, 0.4) is 0 Å². The Balaban J connectivity index is 1.46. The molecule has 5 nitrogen and oxygen atoms in total. The molecule has 124 valence electrons. The number of aldehydes is 1. The maximum Gasteiger partial charge on any atom is 0.213 e. The number of carbonyl (C=O) groups excluding carboxylic acids is 1. The largest absolute Gasteiger partial charge is 0.310 e. The molecule has 1 N–H and O–H groups in total. The van der Waals surface area contributed by atoms with Crippen LogP contribution in [0.2, 0.25) is 0 Å². The summed E-state index contributed by atoms with van der Waals surface area (Å²) in [5.41, 5.74) is 3.95. The van der Waals surface area contributed by atoms with E-state index in [1.54, 1.807) is 11.3 Å². The second kappa shape index (κ2) is 5.75. The number of nitrogens with one attached hydrogen (secondary N) is 1. The standard InChI is InChI=1S/C19H16N4OS/c24-11-13-3-8-16-17(9-13)25-19-21-18(22-23(16)19)14-4-1-12(2-5-14)10-20-15-6-7-15/h1-5,8-9,11,15,20H,6-7,10H2.